The first-order chi connectivity index (χ1) is 8.99. The largest absolute Gasteiger partial charge is 0.497 e. The molecule has 0 aliphatic heterocycles. The molecule has 1 atom stereocenters. The highest BCUT2D eigenvalue weighted by atomic mass is 16.5. The summed E-state index contributed by atoms with van der Waals surface area (Å²) < 4.78 is 10.4. The zero-order chi connectivity index (χ0) is 14.4. The number of nitrogens with two attached hydrogens (primary N) is 1. The Balaban J connectivity index is 2.73. The fourth-order valence-corrected chi connectivity index (χ4v) is 1.62. The molecule has 0 radical (unpaired) electrons. The van der Waals surface area contributed by atoms with Crippen LogP contribution in [0.15, 0.2) is 18.2 Å². The summed E-state index contributed by atoms with van der Waals surface area (Å²) in [4.78, 5) is 11.8. The molecule has 0 aliphatic rings. The summed E-state index contributed by atoms with van der Waals surface area (Å²) in [7, 11) is 3.19. The number of nitrogens with one attached hydrogen (secondary N) is 1. The zero-order valence-corrected chi connectivity index (χ0v) is 11.9. The molecule has 0 heterocycles. The second kappa shape index (κ2) is 6.99. The van der Waals surface area contributed by atoms with Crippen molar-refractivity contribution in [2.45, 2.75) is 26.4 Å². The number of rotatable bonds is 6. The maximum absolute atomic E-state index is 11.8. The molecule has 1 aromatic carbocycles. The standard InChI is InChI=1S/C14H22N2O3/c1-9(2)13(15)14(17)16-8-10-7-11(18-3)5-6-12(10)19-4/h5-7,9,13H,8,15H2,1-4H3,(H,16,17)/t13-/m1/s1. The third-order valence-electron chi connectivity index (χ3n) is 2.96. The summed E-state index contributed by atoms with van der Waals surface area (Å²) in [6.45, 7) is 4.19. The van der Waals surface area contributed by atoms with Crippen LogP contribution >= 0.6 is 0 Å². The van der Waals surface area contributed by atoms with Crippen LogP contribution in [0.5, 0.6) is 11.5 Å². The van der Waals surface area contributed by atoms with Crippen LogP contribution in [-0.2, 0) is 11.3 Å². The highest BCUT2D eigenvalue weighted by Gasteiger charge is 2.17. The molecule has 106 valence electrons. The maximum Gasteiger partial charge on any atom is 0.237 e. The molecule has 5 nitrogen and oxygen atoms in total. The van der Waals surface area contributed by atoms with Crippen molar-refractivity contribution in [1.29, 1.82) is 0 Å². The number of carbonyl (C=O) groups excluding carboxylic acids is 1. The van der Waals surface area contributed by atoms with Gasteiger partial charge in [-0.2, -0.15) is 0 Å². The van der Waals surface area contributed by atoms with Gasteiger partial charge in [0.1, 0.15) is 11.5 Å². The Morgan fingerprint density at radius 3 is 2.53 bits per heavy atom. The summed E-state index contributed by atoms with van der Waals surface area (Å²) in [6, 6.07) is 4.95. The summed E-state index contributed by atoms with van der Waals surface area (Å²) in [6.07, 6.45) is 0. The van der Waals surface area contributed by atoms with E-state index in [1.165, 1.54) is 0 Å². The van der Waals surface area contributed by atoms with Gasteiger partial charge in [0, 0.05) is 12.1 Å². The minimum Gasteiger partial charge on any atom is -0.497 e. The lowest BCUT2D eigenvalue weighted by Gasteiger charge is -2.16. The van der Waals surface area contributed by atoms with Gasteiger partial charge < -0.3 is 20.5 Å². The number of ether oxygens (including phenoxy) is 2. The van der Waals surface area contributed by atoms with Crippen molar-refractivity contribution in [3.8, 4) is 11.5 Å². The van der Waals surface area contributed by atoms with E-state index in [1.54, 1.807) is 14.2 Å². The summed E-state index contributed by atoms with van der Waals surface area (Å²) in [5.41, 5.74) is 6.64. The quantitative estimate of drug-likeness (QED) is 0.814. The van der Waals surface area contributed by atoms with Gasteiger partial charge >= 0.3 is 0 Å². The summed E-state index contributed by atoms with van der Waals surface area (Å²) in [5.74, 6) is 1.37. The first-order valence-electron chi connectivity index (χ1n) is 6.23. The molecule has 19 heavy (non-hydrogen) atoms. The molecule has 0 aromatic heterocycles. The first kappa shape index (κ1) is 15.3. The molecule has 0 spiro atoms. The Labute approximate surface area is 114 Å². The lowest BCUT2D eigenvalue weighted by atomic mass is 10.0. The van der Waals surface area contributed by atoms with Gasteiger partial charge in [0.25, 0.3) is 0 Å². The van der Waals surface area contributed by atoms with Gasteiger partial charge in [0.15, 0.2) is 0 Å². The number of amides is 1. The van der Waals surface area contributed by atoms with Crippen molar-refractivity contribution < 1.29 is 14.3 Å². The van der Waals surface area contributed by atoms with Gasteiger partial charge in [-0.1, -0.05) is 13.8 Å². The summed E-state index contributed by atoms with van der Waals surface area (Å²) >= 11 is 0. The van der Waals surface area contributed by atoms with E-state index in [1.807, 2.05) is 32.0 Å². The van der Waals surface area contributed by atoms with E-state index in [9.17, 15) is 4.79 Å². The maximum atomic E-state index is 11.8. The SMILES string of the molecule is COc1ccc(OC)c(CNC(=O)[C@H](N)C(C)C)c1. The Morgan fingerprint density at radius 2 is 2.00 bits per heavy atom. The van der Waals surface area contributed by atoms with Crippen LogP contribution in [0.2, 0.25) is 0 Å². The number of hydrogen-bond donors (Lipinski definition) is 2. The van der Waals surface area contributed by atoms with Crippen LogP contribution in [0, 0.1) is 5.92 Å². The van der Waals surface area contributed by atoms with E-state index < -0.39 is 6.04 Å². The lowest BCUT2D eigenvalue weighted by molar-refractivity contribution is -0.123. The molecule has 0 fully saturated rings. The lowest BCUT2D eigenvalue weighted by Crippen LogP contribution is -2.43. The molecule has 0 saturated carbocycles. The molecule has 0 saturated heterocycles. The smallest absolute Gasteiger partial charge is 0.237 e. The Bertz CT molecular complexity index is 433. The van der Waals surface area contributed by atoms with Gasteiger partial charge in [-0.15, -0.1) is 0 Å². The van der Waals surface area contributed by atoms with Gasteiger partial charge in [0.2, 0.25) is 5.91 Å². The van der Waals surface area contributed by atoms with Crippen molar-refractivity contribution in [3.05, 3.63) is 23.8 Å². The molecule has 1 amide bonds. The number of benzene rings is 1. The minimum atomic E-state index is -0.503. The Morgan fingerprint density at radius 1 is 1.32 bits per heavy atom. The number of carbonyl (C=O) groups is 1. The molecule has 1 rings (SSSR count). The minimum absolute atomic E-state index is 0.104. The van der Waals surface area contributed by atoms with Crippen LogP contribution in [0.3, 0.4) is 0 Å². The molecule has 0 unspecified atom stereocenters. The van der Waals surface area contributed by atoms with Crippen LogP contribution in [0.1, 0.15) is 19.4 Å². The van der Waals surface area contributed by atoms with Crippen molar-refractivity contribution in [2.24, 2.45) is 11.7 Å². The summed E-state index contributed by atoms with van der Waals surface area (Å²) in [5, 5.41) is 2.81. The van der Waals surface area contributed by atoms with E-state index in [0.717, 1.165) is 11.3 Å². The fraction of sp³-hybridized carbons (Fsp3) is 0.500. The Kier molecular flexibility index (Phi) is 5.63. The molecule has 5 heteroatoms. The van der Waals surface area contributed by atoms with Gasteiger partial charge in [0.05, 0.1) is 20.3 Å². The van der Waals surface area contributed by atoms with E-state index in [0.29, 0.717) is 12.3 Å². The van der Waals surface area contributed by atoms with Crippen molar-refractivity contribution in [2.75, 3.05) is 14.2 Å². The average molecular weight is 266 g/mol. The van der Waals surface area contributed by atoms with Gasteiger partial charge in [-0.3, -0.25) is 4.79 Å². The molecule has 0 aliphatic carbocycles. The molecule has 3 N–H and O–H groups in total. The van der Waals surface area contributed by atoms with Crippen molar-refractivity contribution in [1.82, 2.24) is 5.32 Å². The van der Waals surface area contributed by atoms with E-state index >= 15 is 0 Å². The third kappa shape index (κ3) is 4.13. The highest BCUT2D eigenvalue weighted by molar-refractivity contribution is 5.81. The fourth-order valence-electron chi connectivity index (χ4n) is 1.62. The van der Waals surface area contributed by atoms with Gasteiger partial charge in [-0.25, -0.2) is 0 Å². The second-order valence-corrected chi connectivity index (χ2v) is 4.67. The zero-order valence-electron chi connectivity index (χ0n) is 11.9. The monoisotopic (exact) mass is 266 g/mol. The van der Waals surface area contributed by atoms with Crippen LogP contribution in [-0.4, -0.2) is 26.2 Å². The molecule has 0 bridgehead atoms. The normalized spacial score (nSPS) is 12.1. The third-order valence-corrected chi connectivity index (χ3v) is 2.96. The van der Waals surface area contributed by atoms with Crippen LogP contribution in [0.25, 0.3) is 0 Å². The van der Waals surface area contributed by atoms with E-state index in [2.05, 4.69) is 5.32 Å². The van der Waals surface area contributed by atoms with Crippen LogP contribution < -0.4 is 20.5 Å². The van der Waals surface area contributed by atoms with Crippen molar-refractivity contribution >= 4 is 5.91 Å². The van der Waals surface area contributed by atoms with Crippen molar-refractivity contribution in [3.63, 3.8) is 0 Å². The predicted octanol–water partition coefficient (Wildman–Crippen LogP) is 1.30. The molecule has 1 aromatic rings. The Hall–Kier alpha value is -1.75. The topological polar surface area (TPSA) is 73.6 Å². The number of methoxy groups -OCH3 is 2. The average Bonchev–Trinajstić information content (AvgIpc) is 2.43. The predicted molar refractivity (Wildman–Crippen MR) is 74.2 cm³/mol. The molecular formula is C14H22N2O3. The number of hydrogen-bond acceptors (Lipinski definition) is 4. The van der Waals surface area contributed by atoms with Gasteiger partial charge in [-0.05, 0) is 24.1 Å². The highest BCUT2D eigenvalue weighted by Crippen LogP contribution is 2.23. The van der Waals surface area contributed by atoms with E-state index in [4.69, 9.17) is 15.2 Å². The molecular weight excluding hydrogens is 244 g/mol. The van der Waals surface area contributed by atoms with E-state index in [-0.39, 0.29) is 11.8 Å². The first-order valence-corrected chi connectivity index (χ1v) is 6.23. The second-order valence-electron chi connectivity index (χ2n) is 4.67. The van der Waals surface area contributed by atoms with Crippen LogP contribution in [0.4, 0.5) is 0 Å².